The maximum atomic E-state index is 12.3. The zero-order valence-electron chi connectivity index (χ0n) is 13.9. The Morgan fingerprint density at radius 2 is 1.65 bits per heavy atom. The highest BCUT2D eigenvalue weighted by molar-refractivity contribution is 5.95. The van der Waals surface area contributed by atoms with E-state index in [1.54, 1.807) is 24.3 Å². The minimum atomic E-state index is -0.464. The van der Waals surface area contributed by atoms with Gasteiger partial charge in [0.1, 0.15) is 0 Å². The normalized spacial score (nSPS) is 17.8. The van der Waals surface area contributed by atoms with Gasteiger partial charge in [-0.25, -0.2) is 0 Å². The summed E-state index contributed by atoms with van der Waals surface area (Å²) >= 11 is 0. The summed E-state index contributed by atoms with van der Waals surface area (Å²) in [5.74, 6) is -0.465. The number of hydrogen-bond donors (Lipinski definition) is 3. The van der Waals surface area contributed by atoms with E-state index in [1.165, 1.54) is 44.9 Å². The second-order valence-corrected chi connectivity index (χ2v) is 6.52. The van der Waals surface area contributed by atoms with Gasteiger partial charge in [-0.2, -0.15) is 0 Å². The van der Waals surface area contributed by atoms with Gasteiger partial charge in [-0.3, -0.25) is 9.59 Å². The van der Waals surface area contributed by atoms with Crippen LogP contribution in [0.5, 0.6) is 0 Å². The first kappa shape index (κ1) is 17.5. The van der Waals surface area contributed by atoms with Crippen LogP contribution in [0.3, 0.4) is 0 Å². The summed E-state index contributed by atoms with van der Waals surface area (Å²) in [5.41, 5.74) is 6.34. The topological polar surface area (TPSA) is 88.8 Å². The van der Waals surface area contributed by atoms with Crippen LogP contribution in [0.4, 0.5) is 5.69 Å². The molecule has 5 heteroatoms. The van der Waals surface area contributed by atoms with Crippen LogP contribution in [-0.2, 0) is 4.79 Å². The largest absolute Gasteiger partial charge is 0.366 e. The Morgan fingerprint density at radius 1 is 1.09 bits per heavy atom. The van der Waals surface area contributed by atoms with Crippen molar-refractivity contribution < 1.29 is 14.9 Å². The minimum absolute atomic E-state index is 0.00103. The first-order chi connectivity index (χ1) is 11.1. The van der Waals surface area contributed by atoms with E-state index in [0.717, 1.165) is 0 Å². The zero-order chi connectivity index (χ0) is 16.7. The van der Waals surface area contributed by atoms with Gasteiger partial charge < -0.3 is 16.4 Å². The van der Waals surface area contributed by atoms with E-state index in [-0.39, 0.29) is 11.9 Å². The molecule has 5 N–H and O–H groups in total. The van der Waals surface area contributed by atoms with Crippen molar-refractivity contribution in [1.82, 2.24) is 0 Å². The molecular formula is C18H28N3O2+. The Bertz CT molecular complexity index is 520. The Morgan fingerprint density at radius 3 is 2.22 bits per heavy atom. The fraction of sp³-hybridized carbons (Fsp3) is 0.556. The Balaban J connectivity index is 1.84. The predicted molar refractivity (Wildman–Crippen MR) is 91.1 cm³/mol. The first-order valence-electron chi connectivity index (χ1n) is 8.62. The zero-order valence-corrected chi connectivity index (χ0v) is 13.9. The lowest BCUT2D eigenvalue weighted by Crippen LogP contribution is -2.96. The van der Waals surface area contributed by atoms with Gasteiger partial charge >= 0.3 is 0 Å². The molecule has 0 unspecified atom stereocenters. The van der Waals surface area contributed by atoms with Crippen molar-refractivity contribution in [2.75, 3.05) is 5.32 Å². The summed E-state index contributed by atoms with van der Waals surface area (Å²) < 4.78 is 0. The molecular weight excluding hydrogens is 290 g/mol. The summed E-state index contributed by atoms with van der Waals surface area (Å²) in [4.78, 5) is 23.4. The van der Waals surface area contributed by atoms with Gasteiger partial charge in [0, 0.05) is 11.3 Å². The standard InChI is InChI=1S/C18H27N3O2/c1-13(20-15-7-5-3-2-4-6-8-15)18(23)21-16-11-9-14(10-12-16)17(19)22/h9-13,15,20H,2-8H2,1H3,(H2,19,22)(H,21,23)/p+1/t13-/m0/s1. The quantitative estimate of drug-likeness (QED) is 0.772. The molecule has 1 aliphatic rings. The molecule has 0 saturated heterocycles. The van der Waals surface area contributed by atoms with Crippen molar-refractivity contribution in [2.24, 2.45) is 5.73 Å². The maximum Gasteiger partial charge on any atom is 0.282 e. The second kappa shape index (κ2) is 8.67. The van der Waals surface area contributed by atoms with Crippen LogP contribution < -0.4 is 16.4 Å². The van der Waals surface area contributed by atoms with E-state index in [2.05, 4.69) is 10.6 Å². The van der Waals surface area contributed by atoms with E-state index in [4.69, 9.17) is 5.73 Å². The van der Waals surface area contributed by atoms with Crippen LogP contribution in [0.2, 0.25) is 0 Å². The number of benzene rings is 1. The molecule has 1 fully saturated rings. The molecule has 1 atom stereocenters. The molecule has 1 saturated carbocycles. The molecule has 2 amide bonds. The monoisotopic (exact) mass is 318 g/mol. The summed E-state index contributed by atoms with van der Waals surface area (Å²) in [6.07, 6.45) is 8.92. The lowest BCUT2D eigenvalue weighted by Gasteiger charge is -2.21. The number of carbonyl (C=O) groups is 2. The average molecular weight is 318 g/mol. The SMILES string of the molecule is C[C@H]([NH2+]C1CCCCCCC1)C(=O)Nc1ccc(C(N)=O)cc1. The summed E-state index contributed by atoms with van der Waals surface area (Å²) in [6.45, 7) is 1.95. The molecule has 2 rings (SSSR count). The van der Waals surface area contributed by atoms with Crippen molar-refractivity contribution in [2.45, 2.75) is 64.0 Å². The number of carbonyl (C=O) groups excluding carboxylic acids is 2. The molecule has 0 heterocycles. The van der Waals surface area contributed by atoms with Gasteiger partial charge in [-0.15, -0.1) is 0 Å². The van der Waals surface area contributed by atoms with E-state index in [0.29, 0.717) is 17.3 Å². The highest BCUT2D eigenvalue weighted by Crippen LogP contribution is 2.15. The number of amides is 2. The average Bonchev–Trinajstić information content (AvgIpc) is 2.50. The minimum Gasteiger partial charge on any atom is -0.366 e. The van der Waals surface area contributed by atoms with Crippen molar-refractivity contribution >= 4 is 17.5 Å². The number of nitrogens with two attached hydrogens (primary N) is 2. The fourth-order valence-corrected chi connectivity index (χ4v) is 3.15. The molecule has 5 nitrogen and oxygen atoms in total. The third kappa shape index (κ3) is 5.67. The second-order valence-electron chi connectivity index (χ2n) is 6.52. The van der Waals surface area contributed by atoms with Gasteiger partial charge in [0.2, 0.25) is 5.91 Å². The van der Waals surface area contributed by atoms with Crippen LogP contribution >= 0.6 is 0 Å². The number of quaternary nitrogens is 1. The number of primary amides is 1. The fourth-order valence-electron chi connectivity index (χ4n) is 3.15. The molecule has 0 radical (unpaired) electrons. The Labute approximate surface area is 138 Å². The number of hydrogen-bond acceptors (Lipinski definition) is 2. The van der Waals surface area contributed by atoms with Gasteiger partial charge in [-0.05, 0) is 56.9 Å². The Hall–Kier alpha value is -1.88. The van der Waals surface area contributed by atoms with Gasteiger partial charge in [0.05, 0.1) is 6.04 Å². The lowest BCUT2D eigenvalue weighted by molar-refractivity contribution is -0.707. The Kier molecular flexibility index (Phi) is 6.59. The summed E-state index contributed by atoms with van der Waals surface area (Å²) in [7, 11) is 0. The van der Waals surface area contributed by atoms with Crippen LogP contribution in [-0.4, -0.2) is 23.9 Å². The summed E-state index contributed by atoms with van der Waals surface area (Å²) in [6, 6.07) is 7.10. The highest BCUT2D eigenvalue weighted by Gasteiger charge is 2.22. The number of rotatable bonds is 5. The van der Waals surface area contributed by atoms with Crippen molar-refractivity contribution in [1.29, 1.82) is 0 Å². The van der Waals surface area contributed by atoms with Crippen LogP contribution in [0.1, 0.15) is 62.2 Å². The number of anilines is 1. The van der Waals surface area contributed by atoms with Crippen LogP contribution in [0, 0.1) is 0 Å². The molecule has 23 heavy (non-hydrogen) atoms. The predicted octanol–water partition coefficient (Wildman–Crippen LogP) is 1.79. The first-order valence-corrected chi connectivity index (χ1v) is 8.62. The molecule has 0 spiro atoms. The van der Waals surface area contributed by atoms with Gasteiger partial charge in [0.25, 0.3) is 5.91 Å². The summed E-state index contributed by atoms with van der Waals surface area (Å²) in [5, 5.41) is 5.11. The van der Waals surface area contributed by atoms with Crippen molar-refractivity contribution in [3.63, 3.8) is 0 Å². The van der Waals surface area contributed by atoms with Gasteiger partial charge in [0.15, 0.2) is 6.04 Å². The van der Waals surface area contributed by atoms with E-state index in [9.17, 15) is 9.59 Å². The maximum absolute atomic E-state index is 12.3. The van der Waals surface area contributed by atoms with Crippen LogP contribution in [0.25, 0.3) is 0 Å². The van der Waals surface area contributed by atoms with Crippen molar-refractivity contribution in [3.8, 4) is 0 Å². The molecule has 0 aliphatic heterocycles. The third-order valence-electron chi connectivity index (χ3n) is 4.56. The smallest absolute Gasteiger partial charge is 0.282 e. The third-order valence-corrected chi connectivity index (χ3v) is 4.56. The van der Waals surface area contributed by atoms with Crippen LogP contribution in [0.15, 0.2) is 24.3 Å². The molecule has 126 valence electrons. The van der Waals surface area contributed by atoms with Gasteiger partial charge in [-0.1, -0.05) is 19.3 Å². The number of nitrogens with one attached hydrogen (secondary N) is 1. The highest BCUT2D eigenvalue weighted by atomic mass is 16.2. The van der Waals surface area contributed by atoms with E-state index in [1.807, 2.05) is 6.92 Å². The molecule has 0 aromatic heterocycles. The molecule has 0 bridgehead atoms. The van der Waals surface area contributed by atoms with E-state index >= 15 is 0 Å². The molecule has 1 aromatic carbocycles. The van der Waals surface area contributed by atoms with Crippen molar-refractivity contribution in [3.05, 3.63) is 29.8 Å². The lowest BCUT2D eigenvalue weighted by atomic mass is 9.96. The molecule has 1 aromatic rings. The van der Waals surface area contributed by atoms with E-state index < -0.39 is 5.91 Å². The molecule has 1 aliphatic carbocycles.